The van der Waals surface area contributed by atoms with Gasteiger partial charge >= 0.3 is 73.1 Å². The van der Waals surface area contributed by atoms with Gasteiger partial charge in [-0.2, -0.15) is 0 Å². The van der Waals surface area contributed by atoms with E-state index in [1.54, 1.807) is 0 Å². The molecule has 1 rings (SSSR count). The van der Waals surface area contributed by atoms with Gasteiger partial charge in [-0.05, 0) is 0 Å². The summed E-state index contributed by atoms with van der Waals surface area (Å²) in [4.78, 5) is 0. The van der Waals surface area contributed by atoms with Crippen LogP contribution in [0.3, 0.4) is 0 Å². The van der Waals surface area contributed by atoms with Crippen molar-refractivity contribution in [2.45, 2.75) is 13.8 Å². The van der Waals surface area contributed by atoms with Crippen LogP contribution in [0.1, 0.15) is 11.1 Å². The molecule has 0 N–H and O–H groups in total. The average molecular weight is 212 g/mol. The zero-order valence-electron chi connectivity index (χ0n) is 7.19. The van der Waals surface area contributed by atoms with Gasteiger partial charge in [0.05, 0.1) is 0 Å². The van der Waals surface area contributed by atoms with Crippen molar-refractivity contribution in [3.63, 3.8) is 0 Å². The zero-order valence-corrected chi connectivity index (χ0v) is 8.09. The summed E-state index contributed by atoms with van der Waals surface area (Å²) in [5.74, 6) is 0. The maximum atomic E-state index is 12.5. The molecule has 1 aromatic rings. The Bertz CT molecular complexity index is 310. The summed E-state index contributed by atoms with van der Waals surface area (Å²) < 4.78 is 49.8. The molecule has 0 aliphatic heterocycles. The molecule has 0 bridgehead atoms. The van der Waals surface area contributed by atoms with E-state index in [9.17, 15) is 16.8 Å². The Kier molecular flexibility index (Phi) is 2.15. The molecule has 0 aliphatic carbocycles. The molecule has 0 heterocycles. The van der Waals surface area contributed by atoms with Gasteiger partial charge in [-0.25, -0.2) is 0 Å². The van der Waals surface area contributed by atoms with Gasteiger partial charge in [-0.1, -0.05) is 0 Å². The van der Waals surface area contributed by atoms with E-state index < -0.39 is 13.2 Å². The number of aryl methyl sites for hydroxylation is 2. The normalized spacial score (nSPS) is 15.1. The fraction of sp³-hybridized carbons (Fsp3) is 0.250. The molecule has 0 radical (unpaired) electrons. The van der Waals surface area contributed by atoms with Gasteiger partial charge < -0.3 is 0 Å². The number of halogens is 4. The summed E-state index contributed by atoms with van der Waals surface area (Å²) in [6, 6.07) is 4.01. The Morgan fingerprint density at radius 2 is 1.31 bits per heavy atom. The van der Waals surface area contributed by atoms with Crippen LogP contribution < -0.4 is 5.30 Å². The van der Waals surface area contributed by atoms with Crippen molar-refractivity contribution < 1.29 is 16.8 Å². The Morgan fingerprint density at radius 3 is 1.54 bits per heavy atom. The van der Waals surface area contributed by atoms with Crippen LogP contribution in [0.25, 0.3) is 0 Å². The standard InChI is InChI=1S/C8H9F4P/c1-6-4-3-5-7(2)8(6)13(9,10,11)12/h3-5H,1-2H3. The first kappa shape index (κ1) is 10.5. The van der Waals surface area contributed by atoms with Crippen LogP contribution in [0.2, 0.25) is 0 Å². The molecule has 0 unspecified atom stereocenters. The van der Waals surface area contributed by atoms with Crippen LogP contribution >= 0.6 is 7.85 Å². The third kappa shape index (κ3) is 2.19. The van der Waals surface area contributed by atoms with Crippen molar-refractivity contribution >= 4 is 13.2 Å². The predicted molar refractivity (Wildman–Crippen MR) is 46.9 cm³/mol. The van der Waals surface area contributed by atoms with E-state index in [1.807, 2.05) is 0 Å². The van der Waals surface area contributed by atoms with Crippen molar-refractivity contribution in [3.05, 3.63) is 29.3 Å². The molecule has 1 aromatic carbocycles. The summed E-state index contributed by atoms with van der Waals surface area (Å²) in [6.45, 7) is 2.53. The first-order valence-corrected chi connectivity index (χ1v) is 5.44. The maximum absolute atomic E-state index is 12.5. The van der Waals surface area contributed by atoms with Gasteiger partial charge in [0.1, 0.15) is 0 Å². The van der Waals surface area contributed by atoms with Crippen LogP contribution in [-0.4, -0.2) is 0 Å². The predicted octanol–water partition coefficient (Wildman–Crippen LogP) is 4.02. The summed E-state index contributed by atoms with van der Waals surface area (Å²) in [5, 5.41) is -1.06. The molecule has 0 amide bonds. The van der Waals surface area contributed by atoms with Crippen LogP contribution in [0.4, 0.5) is 16.8 Å². The Morgan fingerprint density at radius 1 is 0.923 bits per heavy atom. The van der Waals surface area contributed by atoms with Gasteiger partial charge in [-0.3, -0.25) is 0 Å². The summed E-state index contributed by atoms with van der Waals surface area (Å²) in [7, 11) is -7.59. The van der Waals surface area contributed by atoms with Crippen molar-refractivity contribution in [1.82, 2.24) is 0 Å². The molecule has 13 heavy (non-hydrogen) atoms. The van der Waals surface area contributed by atoms with E-state index in [2.05, 4.69) is 0 Å². The topological polar surface area (TPSA) is 0 Å². The molecule has 0 saturated heterocycles. The Balaban J connectivity index is 3.47. The van der Waals surface area contributed by atoms with Crippen LogP contribution in [-0.2, 0) is 0 Å². The first-order valence-electron chi connectivity index (χ1n) is 3.64. The minimum absolute atomic E-state index is 0.0485. The second kappa shape index (κ2) is 2.68. The second-order valence-electron chi connectivity index (χ2n) is 2.96. The number of benzene rings is 1. The van der Waals surface area contributed by atoms with E-state index in [-0.39, 0.29) is 11.1 Å². The molecule has 0 aromatic heterocycles. The first-order chi connectivity index (χ1) is 5.68. The molecule has 74 valence electrons. The Labute approximate surface area is 74.0 Å². The van der Waals surface area contributed by atoms with Crippen molar-refractivity contribution in [3.8, 4) is 0 Å². The molecule has 0 saturated carbocycles. The fourth-order valence-corrected chi connectivity index (χ4v) is 2.55. The summed E-state index contributed by atoms with van der Waals surface area (Å²) >= 11 is 0. The van der Waals surface area contributed by atoms with E-state index >= 15 is 0 Å². The fourth-order valence-electron chi connectivity index (χ4n) is 1.34. The number of hydrogen-bond donors (Lipinski definition) is 0. The SMILES string of the molecule is Cc1cccc(C)c1P(F)(F)(F)F. The zero-order chi connectivity index (χ0) is 10.3. The van der Waals surface area contributed by atoms with Gasteiger partial charge in [-0.15, -0.1) is 0 Å². The van der Waals surface area contributed by atoms with Crippen LogP contribution in [0, 0.1) is 13.8 Å². The molecule has 0 spiro atoms. The number of hydrogen-bond acceptors (Lipinski definition) is 0. The van der Waals surface area contributed by atoms with Gasteiger partial charge in [0.2, 0.25) is 0 Å². The van der Waals surface area contributed by atoms with Crippen molar-refractivity contribution in [2.75, 3.05) is 0 Å². The van der Waals surface area contributed by atoms with Crippen LogP contribution in [0.15, 0.2) is 18.2 Å². The summed E-state index contributed by atoms with van der Waals surface area (Å²) in [6.07, 6.45) is 0. The van der Waals surface area contributed by atoms with Gasteiger partial charge in [0.25, 0.3) is 0 Å². The Hall–Kier alpha value is -0.630. The molecule has 0 nitrogen and oxygen atoms in total. The summed E-state index contributed by atoms with van der Waals surface area (Å²) in [5.41, 5.74) is -0.0969. The van der Waals surface area contributed by atoms with Crippen molar-refractivity contribution in [2.24, 2.45) is 0 Å². The average Bonchev–Trinajstić information content (AvgIpc) is 1.80. The van der Waals surface area contributed by atoms with E-state index in [1.165, 1.54) is 32.0 Å². The number of rotatable bonds is 1. The van der Waals surface area contributed by atoms with E-state index in [4.69, 9.17) is 0 Å². The van der Waals surface area contributed by atoms with E-state index in [0.717, 1.165) is 0 Å². The molecule has 0 aliphatic rings. The molecule has 0 fully saturated rings. The van der Waals surface area contributed by atoms with Gasteiger partial charge in [0.15, 0.2) is 0 Å². The monoisotopic (exact) mass is 212 g/mol. The van der Waals surface area contributed by atoms with Crippen LogP contribution in [0.5, 0.6) is 0 Å². The van der Waals surface area contributed by atoms with Crippen molar-refractivity contribution in [1.29, 1.82) is 0 Å². The molecule has 0 atom stereocenters. The third-order valence-corrected chi connectivity index (χ3v) is 3.16. The van der Waals surface area contributed by atoms with Gasteiger partial charge in [0, 0.05) is 0 Å². The van der Waals surface area contributed by atoms with E-state index in [0.29, 0.717) is 0 Å². The molecular weight excluding hydrogens is 203 g/mol. The molecular formula is C8H9F4P. The molecule has 5 heteroatoms. The quantitative estimate of drug-likeness (QED) is 0.487. The second-order valence-corrected chi connectivity index (χ2v) is 4.85. The minimum atomic E-state index is -7.59. The third-order valence-electron chi connectivity index (χ3n) is 1.78.